The molecular weight excluding hydrogens is 408 g/mol. The molecule has 30 heavy (non-hydrogen) atoms. The van der Waals surface area contributed by atoms with E-state index in [1.165, 1.54) is 30.0 Å². The van der Waals surface area contributed by atoms with E-state index in [-0.39, 0.29) is 17.9 Å². The normalized spacial score (nSPS) is 16.2. The van der Waals surface area contributed by atoms with Gasteiger partial charge in [-0.1, -0.05) is 12.1 Å². The Bertz CT molecular complexity index is 951. The van der Waals surface area contributed by atoms with Gasteiger partial charge in [0.25, 0.3) is 5.69 Å². The summed E-state index contributed by atoms with van der Waals surface area (Å²) in [5.41, 5.74) is 1.52. The number of esters is 1. The number of non-ortho nitro benzene ring substituents is 1. The molecule has 158 valence electrons. The highest BCUT2D eigenvalue weighted by molar-refractivity contribution is 8.03. The van der Waals surface area contributed by atoms with E-state index in [9.17, 15) is 25.0 Å². The summed E-state index contributed by atoms with van der Waals surface area (Å²) in [7, 11) is 1.74. The second-order valence-electron chi connectivity index (χ2n) is 6.31. The van der Waals surface area contributed by atoms with Crippen LogP contribution in [0.15, 0.2) is 46.1 Å². The Morgan fingerprint density at radius 2 is 2.23 bits per heavy atom. The Morgan fingerprint density at radius 1 is 1.50 bits per heavy atom. The molecule has 1 aliphatic rings. The number of carbonyl (C=O) groups excluding carboxylic acids is 2. The molecule has 1 atom stereocenters. The molecule has 10 heteroatoms. The largest absolute Gasteiger partial charge is 0.463 e. The van der Waals surface area contributed by atoms with Crippen molar-refractivity contribution in [1.82, 2.24) is 10.2 Å². The van der Waals surface area contributed by atoms with E-state index >= 15 is 0 Å². The van der Waals surface area contributed by atoms with Crippen molar-refractivity contribution >= 4 is 29.8 Å². The molecule has 0 aliphatic carbocycles. The fourth-order valence-electron chi connectivity index (χ4n) is 3.14. The van der Waals surface area contributed by atoms with Crippen LogP contribution in [0.2, 0.25) is 0 Å². The van der Waals surface area contributed by atoms with E-state index < -0.39 is 16.8 Å². The van der Waals surface area contributed by atoms with Gasteiger partial charge in [0.1, 0.15) is 0 Å². The number of benzene rings is 1. The van der Waals surface area contributed by atoms with Crippen molar-refractivity contribution < 1.29 is 19.2 Å². The monoisotopic (exact) mass is 430 g/mol. The average molecular weight is 430 g/mol. The van der Waals surface area contributed by atoms with Gasteiger partial charge in [-0.2, -0.15) is 5.26 Å². The van der Waals surface area contributed by atoms with E-state index in [2.05, 4.69) is 11.4 Å². The maximum absolute atomic E-state index is 13.0. The molecule has 2 rings (SSSR count). The van der Waals surface area contributed by atoms with Crippen LogP contribution in [-0.4, -0.2) is 48.2 Å². The third kappa shape index (κ3) is 4.80. The Hall–Kier alpha value is -3.32. The summed E-state index contributed by atoms with van der Waals surface area (Å²) in [6, 6.07) is 8.07. The fourth-order valence-corrected chi connectivity index (χ4v) is 4.24. The molecule has 0 radical (unpaired) electrons. The number of nitrogens with zero attached hydrogens (tertiary/aromatic N) is 3. The molecule has 0 fully saturated rings. The minimum atomic E-state index is -0.799. The first-order valence-corrected chi connectivity index (χ1v) is 10.2. The van der Waals surface area contributed by atoms with E-state index in [0.29, 0.717) is 40.6 Å². The zero-order valence-electron chi connectivity index (χ0n) is 16.9. The van der Waals surface area contributed by atoms with Gasteiger partial charge in [0.15, 0.2) is 0 Å². The summed E-state index contributed by atoms with van der Waals surface area (Å²) < 4.78 is 5.27. The van der Waals surface area contributed by atoms with Gasteiger partial charge in [-0.25, -0.2) is 4.79 Å². The van der Waals surface area contributed by atoms with Crippen molar-refractivity contribution in [3.8, 4) is 6.07 Å². The van der Waals surface area contributed by atoms with Crippen LogP contribution < -0.4 is 5.32 Å². The Morgan fingerprint density at radius 3 is 2.83 bits per heavy atom. The van der Waals surface area contributed by atoms with Gasteiger partial charge in [0.2, 0.25) is 6.41 Å². The number of rotatable bonds is 9. The maximum atomic E-state index is 13.0. The molecule has 0 saturated heterocycles. The van der Waals surface area contributed by atoms with Crippen molar-refractivity contribution in [2.45, 2.75) is 19.8 Å². The second-order valence-corrected chi connectivity index (χ2v) is 7.40. The first-order valence-electron chi connectivity index (χ1n) is 9.17. The van der Waals surface area contributed by atoms with Crippen LogP contribution >= 0.6 is 11.8 Å². The number of hydrogen-bond acceptors (Lipinski definition) is 8. The van der Waals surface area contributed by atoms with Gasteiger partial charge in [-0.05, 0) is 19.4 Å². The molecule has 0 saturated carbocycles. The third-order valence-electron chi connectivity index (χ3n) is 4.60. The van der Waals surface area contributed by atoms with E-state index in [4.69, 9.17) is 4.74 Å². The number of thioether (sulfide) groups is 1. The number of ether oxygens (including phenoxy) is 1. The van der Waals surface area contributed by atoms with Crippen LogP contribution in [-0.2, 0) is 14.3 Å². The first-order chi connectivity index (χ1) is 14.4. The van der Waals surface area contributed by atoms with Gasteiger partial charge >= 0.3 is 5.97 Å². The standard InChI is InChI=1S/C20H22N4O5S/c1-4-29-20(26)18-17(14-6-5-7-15(10-14)24(27)28)16(11-21)13(2)23(3)19(18)30-9-8-22-12-25/h5-7,10,12,17H,4,8-9H2,1-3H3,(H,22,25). The van der Waals surface area contributed by atoms with Gasteiger partial charge in [-0.15, -0.1) is 11.8 Å². The molecule has 1 aromatic rings. The number of nitriles is 1. The molecule has 9 nitrogen and oxygen atoms in total. The smallest absolute Gasteiger partial charge is 0.337 e. The molecule has 1 aliphatic heterocycles. The van der Waals surface area contributed by atoms with Crippen molar-refractivity contribution in [2.75, 3.05) is 26.0 Å². The highest BCUT2D eigenvalue weighted by Crippen LogP contribution is 2.45. The second kappa shape index (κ2) is 10.5. The topological polar surface area (TPSA) is 126 Å². The summed E-state index contributed by atoms with van der Waals surface area (Å²) in [6.45, 7) is 3.97. The zero-order valence-corrected chi connectivity index (χ0v) is 17.7. The van der Waals surface area contributed by atoms with Crippen molar-refractivity contribution in [3.05, 3.63) is 61.8 Å². The van der Waals surface area contributed by atoms with Crippen LogP contribution in [0.1, 0.15) is 25.3 Å². The maximum Gasteiger partial charge on any atom is 0.337 e. The van der Waals surface area contributed by atoms with Gasteiger partial charge < -0.3 is 15.0 Å². The van der Waals surface area contributed by atoms with Crippen LogP contribution in [0.4, 0.5) is 5.69 Å². The number of nitro groups is 1. The number of nitrogens with one attached hydrogen (secondary N) is 1. The first kappa shape index (κ1) is 23.0. The van der Waals surface area contributed by atoms with E-state index in [1.54, 1.807) is 31.9 Å². The molecule has 1 amide bonds. The molecule has 0 bridgehead atoms. The number of carbonyl (C=O) groups is 2. The molecule has 0 spiro atoms. The molecule has 1 heterocycles. The number of amides is 1. The lowest BCUT2D eigenvalue weighted by Gasteiger charge is -2.35. The van der Waals surface area contributed by atoms with Gasteiger partial charge in [0.05, 0.1) is 39.7 Å². The van der Waals surface area contributed by atoms with Crippen LogP contribution in [0.3, 0.4) is 0 Å². The van der Waals surface area contributed by atoms with Crippen molar-refractivity contribution in [3.63, 3.8) is 0 Å². The highest BCUT2D eigenvalue weighted by atomic mass is 32.2. The minimum Gasteiger partial charge on any atom is -0.463 e. The molecule has 0 aromatic heterocycles. The molecule has 1 unspecified atom stereocenters. The van der Waals surface area contributed by atoms with Crippen LogP contribution in [0.25, 0.3) is 0 Å². The summed E-state index contributed by atoms with van der Waals surface area (Å²) >= 11 is 1.34. The number of nitro benzene ring substituents is 1. The predicted molar refractivity (Wildman–Crippen MR) is 112 cm³/mol. The van der Waals surface area contributed by atoms with Gasteiger partial charge in [0, 0.05) is 37.2 Å². The van der Waals surface area contributed by atoms with Crippen molar-refractivity contribution in [1.29, 1.82) is 5.26 Å². The quantitative estimate of drug-likeness (QED) is 0.208. The lowest BCUT2D eigenvalue weighted by Crippen LogP contribution is -2.30. The van der Waals surface area contributed by atoms with Crippen molar-refractivity contribution in [2.24, 2.45) is 0 Å². The predicted octanol–water partition coefficient (Wildman–Crippen LogP) is 2.68. The summed E-state index contributed by atoms with van der Waals surface area (Å²) in [5, 5.41) is 24.3. The lowest BCUT2D eigenvalue weighted by molar-refractivity contribution is -0.384. The summed E-state index contributed by atoms with van der Waals surface area (Å²) in [6.07, 6.45) is 0.594. The SMILES string of the molecule is CCOC(=O)C1=C(SCCNC=O)N(C)C(C)=C(C#N)C1c1cccc([N+](=O)[O-])c1. The van der Waals surface area contributed by atoms with E-state index in [1.807, 2.05) is 0 Å². The zero-order chi connectivity index (χ0) is 22.3. The number of allylic oxidation sites excluding steroid dienone is 2. The minimum absolute atomic E-state index is 0.131. The fraction of sp³-hybridized carbons (Fsp3) is 0.350. The summed E-state index contributed by atoms with van der Waals surface area (Å²) in [5.74, 6) is -0.906. The van der Waals surface area contributed by atoms with Gasteiger partial charge in [-0.3, -0.25) is 14.9 Å². The average Bonchev–Trinajstić information content (AvgIpc) is 2.73. The highest BCUT2D eigenvalue weighted by Gasteiger charge is 2.38. The number of hydrogen-bond donors (Lipinski definition) is 1. The third-order valence-corrected chi connectivity index (χ3v) is 5.78. The molecule has 1 aromatic carbocycles. The summed E-state index contributed by atoms with van der Waals surface area (Å²) in [4.78, 5) is 36.0. The Kier molecular flexibility index (Phi) is 8.00. The Balaban J connectivity index is 2.67. The molecule has 1 N–H and O–H groups in total. The van der Waals surface area contributed by atoms with E-state index in [0.717, 1.165) is 0 Å². The lowest BCUT2D eigenvalue weighted by atomic mass is 9.82. The molecular formula is C20H22N4O5S. The Labute approximate surface area is 178 Å². The van der Waals surface area contributed by atoms with Crippen LogP contribution in [0.5, 0.6) is 0 Å². The van der Waals surface area contributed by atoms with Crippen LogP contribution in [0, 0.1) is 21.4 Å².